The number of hydrogen-bond donors (Lipinski definition) is 0. The number of benzene rings is 2. The highest BCUT2D eigenvalue weighted by molar-refractivity contribution is 5.40. The van der Waals surface area contributed by atoms with Crippen molar-refractivity contribution in [3.63, 3.8) is 0 Å². The fourth-order valence-electron chi connectivity index (χ4n) is 4.42. The summed E-state index contributed by atoms with van der Waals surface area (Å²) in [6.07, 6.45) is 8.87. The Hall–Kier alpha value is -3.00. The molecule has 4 rings (SSSR count). The molecule has 0 radical (unpaired) electrons. The molecule has 0 atom stereocenters. The van der Waals surface area contributed by atoms with Crippen LogP contribution in [-0.2, 0) is 19.4 Å². The van der Waals surface area contributed by atoms with Crippen molar-refractivity contribution in [3.05, 3.63) is 93.6 Å². The summed E-state index contributed by atoms with van der Waals surface area (Å²) in [6, 6.07) is 14.8. The van der Waals surface area contributed by atoms with Gasteiger partial charge in [-0.15, -0.1) is 6.42 Å². The van der Waals surface area contributed by atoms with E-state index in [0.29, 0.717) is 6.42 Å². The summed E-state index contributed by atoms with van der Waals surface area (Å²) >= 11 is 0. The van der Waals surface area contributed by atoms with E-state index in [2.05, 4.69) is 65.9 Å². The zero-order valence-corrected chi connectivity index (χ0v) is 19.4. The van der Waals surface area contributed by atoms with Crippen molar-refractivity contribution in [2.24, 2.45) is 0 Å². The van der Waals surface area contributed by atoms with Crippen LogP contribution in [0.15, 0.2) is 48.7 Å². The molecule has 0 N–H and O–H groups in total. The number of rotatable bonds is 6. The van der Waals surface area contributed by atoms with Crippen LogP contribution in [0, 0.1) is 26.2 Å². The molecule has 0 saturated carbocycles. The molecule has 164 valence electrons. The van der Waals surface area contributed by atoms with E-state index in [-0.39, 0.29) is 0 Å². The molecule has 2 heterocycles. The molecule has 1 aromatic heterocycles. The SMILES string of the molecule is C#Cc1ccc(Cc2nccc(Cc3c(C)cc(CN4CCN(C)CC4)cc3C)n2)cc1. The maximum atomic E-state index is 5.45. The molecule has 0 amide bonds. The summed E-state index contributed by atoms with van der Waals surface area (Å²) in [5.41, 5.74) is 8.60. The van der Waals surface area contributed by atoms with Crippen molar-refractivity contribution in [1.29, 1.82) is 0 Å². The van der Waals surface area contributed by atoms with Gasteiger partial charge in [0.05, 0.1) is 0 Å². The molecule has 3 aromatic rings. The average Bonchev–Trinajstić information content (AvgIpc) is 2.79. The van der Waals surface area contributed by atoms with Crippen molar-refractivity contribution >= 4 is 0 Å². The summed E-state index contributed by atoms with van der Waals surface area (Å²) in [7, 11) is 2.20. The first kappa shape index (κ1) is 22.2. The van der Waals surface area contributed by atoms with Crippen LogP contribution in [0.1, 0.15) is 44.9 Å². The Labute approximate surface area is 192 Å². The standard InChI is InChI=1S/C28H32N4/c1-5-23-6-8-24(9-7-23)18-28-29-11-10-26(30-28)19-27-21(2)16-25(17-22(27)3)20-32-14-12-31(4)13-15-32/h1,6-11,16-17H,12-15,18-20H2,2-4H3. The van der Waals surface area contributed by atoms with Crippen LogP contribution in [0.5, 0.6) is 0 Å². The zero-order chi connectivity index (χ0) is 22.5. The van der Waals surface area contributed by atoms with Gasteiger partial charge >= 0.3 is 0 Å². The lowest BCUT2D eigenvalue weighted by atomic mass is 9.95. The maximum absolute atomic E-state index is 5.45. The van der Waals surface area contributed by atoms with Crippen molar-refractivity contribution in [3.8, 4) is 12.3 Å². The van der Waals surface area contributed by atoms with E-state index in [1.165, 1.54) is 27.8 Å². The lowest BCUT2D eigenvalue weighted by molar-refractivity contribution is 0.148. The lowest BCUT2D eigenvalue weighted by Gasteiger charge is -2.32. The molecular weight excluding hydrogens is 392 g/mol. The maximum Gasteiger partial charge on any atom is 0.132 e. The Morgan fingerprint density at radius 3 is 2.25 bits per heavy atom. The third-order valence-electron chi connectivity index (χ3n) is 6.36. The number of hydrogen-bond acceptors (Lipinski definition) is 4. The molecule has 4 heteroatoms. The van der Waals surface area contributed by atoms with Gasteiger partial charge in [0.15, 0.2) is 0 Å². The molecule has 0 spiro atoms. The normalized spacial score (nSPS) is 14.9. The van der Waals surface area contributed by atoms with E-state index in [9.17, 15) is 0 Å². The van der Waals surface area contributed by atoms with Gasteiger partial charge in [-0.1, -0.05) is 30.2 Å². The summed E-state index contributed by atoms with van der Waals surface area (Å²) in [4.78, 5) is 14.3. The van der Waals surface area contributed by atoms with Crippen molar-refractivity contribution in [2.45, 2.75) is 33.2 Å². The molecule has 0 unspecified atom stereocenters. The van der Waals surface area contributed by atoms with Gasteiger partial charge in [0.2, 0.25) is 0 Å². The Morgan fingerprint density at radius 2 is 1.59 bits per heavy atom. The Balaban J connectivity index is 1.45. The minimum Gasteiger partial charge on any atom is -0.304 e. The van der Waals surface area contributed by atoms with Gasteiger partial charge in [-0.2, -0.15) is 0 Å². The van der Waals surface area contributed by atoms with Gasteiger partial charge in [0, 0.05) is 63.0 Å². The minimum absolute atomic E-state index is 0.709. The highest BCUT2D eigenvalue weighted by Gasteiger charge is 2.15. The molecule has 1 fully saturated rings. The topological polar surface area (TPSA) is 32.3 Å². The first-order chi connectivity index (χ1) is 15.5. The molecule has 1 aliphatic heterocycles. The monoisotopic (exact) mass is 424 g/mol. The van der Waals surface area contributed by atoms with Gasteiger partial charge in [-0.05, 0) is 66.9 Å². The highest BCUT2D eigenvalue weighted by atomic mass is 15.2. The number of terminal acetylenes is 1. The zero-order valence-electron chi connectivity index (χ0n) is 19.4. The highest BCUT2D eigenvalue weighted by Crippen LogP contribution is 2.21. The third-order valence-corrected chi connectivity index (χ3v) is 6.36. The predicted molar refractivity (Wildman–Crippen MR) is 131 cm³/mol. The number of nitrogens with zero attached hydrogens (tertiary/aromatic N) is 4. The van der Waals surface area contributed by atoms with E-state index in [1.54, 1.807) is 0 Å². The quantitative estimate of drug-likeness (QED) is 0.560. The molecular formula is C28H32N4. The van der Waals surface area contributed by atoms with Gasteiger partial charge in [0.25, 0.3) is 0 Å². The minimum atomic E-state index is 0.709. The predicted octanol–water partition coefficient (Wildman–Crippen LogP) is 4.00. The van der Waals surface area contributed by atoms with E-state index < -0.39 is 0 Å². The average molecular weight is 425 g/mol. The van der Waals surface area contributed by atoms with Crippen molar-refractivity contribution < 1.29 is 0 Å². The Kier molecular flexibility index (Phi) is 6.99. The fourth-order valence-corrected chi connectivity index (χ4v) is 4.42. The fraction of sp³-hybridized carbons (Fsp3) is 0.357. The summed E-state index contributed by atoms with van der Waals surface area (Å²) in [6.45, 7) is 10.1. The van der Waals surface area contributed by atoms with Gasteiger partial charge < -0.3 is 4.90 Å². The van der Waals surface area contributed by atoms with Crippen LogP contribution in [-0.4, -0.2) is 53.0 Å². The van der Waals surface area contributed by atoms with E-state index >= 15 is 0 Å². The van der Waals surface area contributed by atoms with Crippen LogP contribution >= 0.6 is 0 Å². The lowest BCUT2D eigenvalue weighted by Crippen LogP contribution is -2.43. The first-order valence-electron chi connectivity index (χ1n) is 11.4. The second-order valence-corrected chi connectivity index (χ2v) is 8.95. The molecule has 0 bridgehead atoms. The first-order valence-corrected chi connectivity index (χ1v) is 11.4. The van der Waals surface area contributed by atoms with Crippen LogP contribution in [0.2, 0.25) is 0 Å². The smallest absolute Gasteiger partial charge is 0.132 e. The Bertz CT molecular complexity index is 1080. The molecule has 4 nitrogen and oxygen atoms in total. The molecule has 0 aliphatic carbocycles. The summed E-state index contributed by atoms with van der Waals surface area (Å²) in [5.74, 6) is 3.50. The van der Waals surface area contributed by atoms with Gasteiger partial charge in [-0.25, -0.2) is 9.97 Å². The largest absolute Gasteiger partial charge is 0.304 e. The van der Waals surface area contributed by atoms with Crippen LogP contribution in [0.25, 0.3) is 0 Å². The molecule has 1 saturated heterocycles. The number of aryl methyl sites for hydroxylation is 2. The summed E-state index contributed by atoms with van der Waals surface area (Å²) in [5, 5.41) is 0. The third kappa shape index (κ3) is 5.62. The van der Waals surface area contributed by atoms with Crippen LogP contribution in [0.4, 0.5) is 0 Å². The van der Waals surface area contributed by atoms with Gasteiger partial charge in [-0.3, -0.25) is 4.90 Å². The van der Waals surface area contributed by atoms with Crippen molar-refractivity contribution in [2.75, 3.05) is 33.2 Å². The van der Waals surface area contributed by atoms with Gasteiger partial charge in [0.1, 0.15) is 5.82 Å². The molecule has 1 aliphatic rings. The van der Waals surface area contributed by atoms with Crippen LogP contribution in [0.3, 0.4) is 0 Å². The number of aromatic nitrogens is 2. The Morgan fingerprint density at radius 1 is 0.906 bits per heavy atom. The molecule has 2 aromatic carbocycles. The van der Waals surface area contributed by atoms with E-state index in [4.69, 9.17) is 11.4 Å². The second-order valence-electron chi connectivity index (χ2n) is 8.95. The van der Waals surface area contributed by atoms with E-state index in [0.717, 1.165) is 56.2 Å². The van der Waals surface area contributed by atoms with E-state index in [1.807, 2.05) is 24.4 Å². The van der Waals surface area contributed by atoms with Crippen molar-refractivity contribution in [1.82, 2.24) is 19.8 Å². The number of piperazine rings is 1. The second kappa shape index (κ2) is 10.1. The number of likely N-dealkylation sites (N-methyl/N-ethyl adjacent to an activating group) is 1. The molecule has 32 heavy (non-hydrogen) atoms. The summed E-state index contributed by atoms with van der Waals surface area (Å²) < 4.78 is 0. The van der Waals surface area contributed by atoms with Crippen LogP contribution < -0.4 is 0 Å².